The van der Waals surface area contributed by atoms with Crippen LogP contribution in [0, 0.1) is 18.3 Å². The fourth-order valence-electron chi connectivity index (χ4n) is 1.08. The second-order valence-electron chi connectivity index (χ2n) is 3.06. The highest BCUT2D eigenvalue weighted by Gasteiger charge is 2.03. The predicted octanol–water partition coefficient (Wildman–Crippen LogP) is 1.77. The van der Waals surface area contributed by atoms with E-state index in [0.717, 1.165) is 19.3 Å². The van der Waals surface area contributed by atoms with Gasteiger partial charge in [-0.05, 0) is 25.7 Å². The third kappa shape index (κ3) is 5.65. The lowest BCUT2D eigenvalue weighted by molar-refractivity contribution is 0.458. The van der Waals surface area contributed by atoms with Crippen LogP contribution in [0.4, 0.5) is 0 Å². The molecular formula is C9H17N. The van der Waals surface area contributed by atoms with Crippen LogP contribution in [0.15, 0.2) is 0 Å². The van der Waals surface area contributed by atoms with Gasteiger partial charge in [0.1, 0.15) is 0 Å². The zero-order valence-electron chi connectivity index (χ0n) is 6.93. The van der Waals surface area contributed by atoms with Gasteiger partial charge in [0, 0.05) is 12.5 Å². The summed E-state index contributed by atoms with van der Waals surface area (Å²) >= 11 is 0. The van der Waals surface area contributed by atoms with Crippen LogP contribution in [0.3, 0.4) is 0 Å². The lowest BCUT2D eigenvalue weighted by Crippen LogP contribution is -2.18. The Morgan fingerprint density at radius 1 is 1.50 bits per heavy atom. The molecule has 0 spiro atoms. The van der Waals surface area contributed by atoms with Crippen molar-refractivity contribution in [2.24, 2.45) is 11.7 Å². The Balaban J connectivity index is 3.27. The maximum atomic E-state index is 5.61. The molecule has 0 saturated carbocycles. The highest BCUT2D eigenvalue weighted by molar-refractivity contribution is 4.84. The van der Waals surface area contributed by atoms with E-state index in [1.807, 2.05) is 6.92 Å². The van der Waals surface area contributed by atoms with Gasteiger partial charge in [-0.1, -0.05) is 6.92 Å². The lowest BCUT2D eigenvalue weighted by atomic mass is 9.98. The van der Waals surface area contributed by atoms with Crippen LogP contribution in [0.25, 0.3) is 0 Å². The maximum absolute atomic E-state index is 5.61. The molecule has 0 rings (SSSR count). The van der Waals surface area contributed by atoms with E-state index < -0.39 is 0 Å². The van der Waals surface area contributed by atoms with Gasteiger partial charge in [-0.15, -0.1) is 12.3 Å². The lowest BCUT2D eigenvalue weighted by Gasteiger charge is -2.11. The first kappa shape index (κ1) is 9.52. The van der Waals surface area contributed by atoms with Crippen molar-refractivity contribution in [3.05, 3.63) is 0 Å². The molecule has 0 aliphatic heterocycles. The van der Waals surface area contributed by atoms with Gasteiger partial charge in [0.25, 0.3) is 0 Å². The van der Waals surface area contributed by atoms with Gasteiger partial charge in [-0.25, -0.2) is 0 Å². The van der Waals surface area contributed by atoms with E-state index in [1.54, 1.807) is 0 Å². The van der Waals surface area contributed by atoms with E-state index in [4.69, 9.17) is 12.2 Å². The molecule has 1 nitrogen and oxygen atoms in total. The third-order valence-electron chi connectivity index (χ3n) is 1.56. The molecule has 0 heterocycles. The number of terminal acetylenes is 1. The molecule has 2 N–H and O–H groups in total. The Kier molecular flexibility index (Phi) is 5.06. The largest absolute Gasteiger partial charge is 0.328 e. The van der Waals surface area contributed by atoms with E-state index in [0.29, 0.717) is 12.0 Å². The van der Waals surface area contributed by atoms with E-state index >= 15 is 0 Å². The Labute approximate surface area is 64.0 Å². The van der Waals surface area contributed by atoms with Gasteiger partial charge in [0.15, 0.2) is 0 Å². The summed E-state index contributed by atoms with van der Waals surface area (Å²) in [7, 11) is 0. The van der Waals surface area contributed by atoms with E-state index in [2.05, 4.69) is 12.8 Å². The van der Waals surface area contributed by atoms with Crippen molar-refractivity contribution in [3.8, 4) is 12.3 Å². The molecule has 0 aromatic carbocycles. The second-order valence-corrected chi connectivity index (χ2v) is 3.06. The molecule has 1 heteroatoms. The summed E-state index contributed by atoms with van der Waals surface area (Å²) in [5.74, 6) is 3.31. The van der Waals surface area contributed by atoms with Crippen molar-refractivity contribution < 1.29 is 0 Å². The number of hydrogen-bond acceptors (Lipinski definition) is 1. The summed E-state index contributed by atoms with van der Waals surface area (Å²) in [5.41, 5.74) is 5.61. The molecule has 0 fully saturated rings. The van der Waals surface area contributed by atoms with Crippen LogP contribution in [-0.4, -0.2) is 6.04 Å². The highest BCUT2D eigenvalue weighted by Crippen LogP contribution is 2.10. The van der Waals surface area contributed by atoms with Gasteiger partial charge in [0.2, 0.25) is 0 Å². The first-order chi connectivity index (χ1) is 4.66. The first-order valence-electron chi connectivity index (χ1n) is 3.86. The zero-order valence-corrected chi connectivity index (χ0v) is 6.93. The SMILES string of the molecule is C#CCCC(C)CC(C)N. The molecule has 0 bridgehead atoms. The summed E-state index contributed by atoms with van der Waals surface area (Å²) in [6.45, 7) is 4.23. The molecule has 0 aromatic heterocycles. The van der Waals surface area contributed by atoms with Crippen molar-refractivity contribution in [2.75, 3.05) is 0 Å². The normalized spacial score (nSPS) is 15.8. The monoisotopic (exact) mass is 139 g/mol. The van der Waals surface area contributed by atoms with E-state index in [9.17, 15) is 0 Å². The van der Waals surface area contributed by atoms with E-state index in [1.165, 1.54) is 0 Å². The molecule has 0 amide bonds. The van der Waals surface area contributed by atoms with Gasteiger partial charge < -0.3 is 5.73 Å². The Bertz CT molecular complexity index is 110. The minimum absolute atomic E-state index is 0.313. The van der Waals surface area contributed by atoms with Crippen molar-refractivity contribution in [1.29, 1.82) is 0 Å². The van der Waals surface area contributed by atoms with Gasteiger partial charge in [-0.2, -0.15) is 0 Å². The van der Waals surface area contributed by atoms with Crippen LogP contribution in [0.1, 0.15) is 33.1 Å². The molecule has 2 atom stereocenters. The quantitative estimate of drug-likeness (QED) is 0.590. The van der Waals surface area contributed by atoms with Crippen molar-refractivity contribution >= 4 is 0 Å². The van der Waals surface area contributed by atoms with Crippen LogP contribution in [0.2, 0.25) is 0 Å². The number of nitrogens with two attached hydrogens (primary N) is 1. The zero-order chi connectivity index (χ0) is 7.98. The molecule has 0 aliphatic carbocycles. The van der Waals surface area contributed by atoms with Crippen LogP contribution < -0.4 is 5.73 Å². The summed E-state index contributed by atoms with van der Waals surface area (Å²) in [6, 6.07) is 0.313. The van der Waals surface area contributed by atoms with Crippen LogP contribution in [0.5, 0.6) is 0 Å². The maximum Gasteiger partial charge on any atom is 0.00886 e. The summed E-state index contributed by atoms with van der Waals surface area (Å²) < 4.78 is 0. The Morgan fingerprint density at radius 2 is 2.10 bits per heavy atom. The molecule has 2 unspecified atom stereocenters. The Morgan fingerprint density at radius 3 is 2.50 bits per heavy atom. The fourth-order valence-corrected chi connectivity index (χ4v) is 1.08. The summed E-state index contributed by atoms with van der Waals surface area (Å²) in [4.78, 5) is 0. The summed E-state index contributed by atoms with van der Waals surface area (Å²) in [6.07, 6.45) is 8.20. The highest BCUT2D eigenvalue weighted by atomic mass is 14.6. The third-order valence-corrected chi connectivity index (χ3v) is 1.56. The van der Waals surface area contributed by atoms with Gasteiger partial charge >= 0.3 is 0 Å². The molecular weight excluding hydrogens is 122 g/mol. The topological polar surface area (TPSA) is 26.0 Å². The molecule has 0 radical (unpaired) electrons. The average Bonchev–Trinajstić information content (AvgIpc) is 1.82. The molecule has 0 saturated heterocycles. The smallest absolute Gasteiger partial charge is 0.00886 e. The Hall–Kier alpha value is -0.480. The van der Waals surface area contributed by atoms with Crippen LogP contribution in [-0.2, 0) is 0 Å². The fraction of sp³-hybridized carbons (Fsp3) is 0.778. The van der Waals surface area contributed by atoms with Gasteiger partial charge in [-0.3, -0.25) is 0 Å². The predicted molar refractivity (Wildman–Crippen MR) is 45.5 cm³/mol. The van der Waals surface area contributed by atoms with E-state index in [-0.39, 0.29) is 0 Å². The van der Waals surface area contributed by atoms with Gasteiger partial charge in [0.05, 0.1) is 0 Å². The van der Waals surface area contributed by atoms with Crippen molar-refractivity contribution in [2.45, 2.75) is 39.2 Å². The number of rotatable bonds is 4. The molecule has 58 valence electrons. The van der Waals surface area contributed by atoms with Crippen molar-refractivity contribution in [3.63, 3.8) is 0 Å². The molecule has 0 aromatic rings. The molecule has 10 heavy (non-hydrogen) atoms. The molecule has 0 aliphatic rings. The standard InChI is InChI=1S/C9H17N/c1-4-5-6-8(2)7-9(3)10/h1,8-9H,5-7,10H2,2-3H3. The van der Waals surface area contributed by atoms with Crippen molar-refractivity contribution in [1.82, 2.24) is 0 Å². The minimum atomic E-state index is 0.313. The number of hydrogen-bond donors (Lipinski definition) is 1. The first-order valence-corrected chi connectivity index (χ1v) is 3.86. The average molecular weight is 139 g/mol. The minimum Gasteiger partial charge on any atom is -0.328 e. The second kappa shape index (κ2) is 5.32. The summed E-state index contributed by atoms with van der Waals surface area (Å²) in [5, 5.41) is 0. The van der Waals surface area contributed by atoms with Crippen LogP contribution >= 0.6 is 0 Å².